The van der Waals surface area contributed by atoms with Crippen molar-refractivity contribution < 1.29 is 28.2 Å². The van der Waals surface area contributed by atoms with Gasteiger partial charge in [0.25, 0.3) is 5.91 Å². The molecule has 2 N–H and O–H groups in total. The van der Waals surface area contributed by atoms with Crippen LogP contribution in [0.5, 0.6) is 17.4 Å². The summed E-state index contributed by atoms with van der Waals surface area (Å²) in [5, 5.41) is 0.747. The highest BCUT2D eigenvalue weighted by Crippen LogP contribution is 2.49. The van der Waals surface area contributed by atoms with Gasteiger partial charge in [-0.1, -0.05) is 23.7 Å². The zero-order valence-electron chi connectivity index (χ0n) is 19.8. The lowest BCUT2D eigenvalue weighted by Crippen LogP contribution is -2.28. The first-order valence-corrected chi connectivity index (χ1v) is 11.6. The molecular weight excluding hydrogens is 501 g/mol. The SMILES string of the molecule is COc1ccc(CN2C(=O)c3c(c(OC(N)=O)cc4nc(OC)ccc34)C2c2cc(F)ccc2Cl)cc1. The zero-order valence-corrected chi connectivity index (χ0v) is 20.6. The van der Waals surface area contributed by atoms with Crippen molar-refractivity contribution in [3.8, 4) is 17.4 Å². The van der Waals surface area contributed by atoms with Crippen molar-refractivity contribution >= 4 is 34.5 Å². The molecular formula is C27H21ClFN3O5. The molecule has 8 nitrogen and oxygen atoms in total. The minimum absolute atomic E-state index is 0.0201. The summed E-state index contributed by atoms with van der Waals surface area (Å²) in [6.45, 7) is 0.149. The number of hydrogen-bond acceptors (Lipinski definition) is 6. The molecule has 1 aromatic heterocycles. The van der Waals surface area contributed by atoms with Crippen molar-refractivity contribution in [1.82, 2.24) is 9.88 Å². The summed E-state index contributed by atoms with van der Waals surface area (Å²) >= 11 is 6.53. The molecule has 4 aromatic rings. The van der Waals surface area contributed by atoms with E-state index in [0.29, 0.717) is 33.7 Å². The van der Waals surface area contributed by atoms with Gasteiger partial charge in [-0.2, -0.15) is 0 Å². The number of nitrogens with zero attached hydrogens (tertiary/aromatic N) is 2. The maximum Gasteiger partial charge on any atom is 0.409 e. The lowest BCUT2D eigenvalue weighted by molar-refractivity contribution is 0.0737. The van der Waals surface area contributed by atoms with E-state index in [1.54, 1.807) is 36.3 Å². The van der Waals surface area contributed by atoms with Crippen LogP contribution in [0.4, 0.5) is 9.18 Å². The van der Waals surface area contributed by atoms with Crippen LogP contribution in [0, 0.1) is 5.82 Å². The zero-order chi connectivity index (χ0) is 26.3. The number of carbonyl (C=O) groups is 2. The lowest BCUT2D eigenvalue weighted by atomic mass is 9.94. The van der Waals surface area contributed by atoms with E-state index in [1.807, 2.05) is 12.1 Å². The van der Waals surface area contributed by atoms with Gasteiger partial charge < -0.3 is 24.8 Å². The Bertz CT molecular complexity index is 1540. The van der Waals surface area contributed by atoms with E-state index in [9.17, 15) is 14.0 Å². The number of ether oxygens (including phenoxy) is 3. The Morgan fingerprint density at radius 3 is 2.51 bits per heavy atom. The number of nitrogens with two attached hydrogens (primary N) is 1. The second-order valence-corrected chi connectivity index (χ2v) is 8.76. The van der Waals surface area contributed by atoms with Crippen molar-refractivity contribution in [3.05, 3.63) is 93.8 Å². The fourth-order valence-corrected chi connectivity index (χ4v) is 4.83. The fourth-order valence-electron chi connectivity index (χ4n) is 4.61. The summed E-state index contributed by atoms with van der Waals surface area (Å²) in [5.41, 5.74) is 7.45. The van der Waals surface area contributed by atoms with E-state index in [4.69, 9.17) is 31.5 Å². The Morgan fingerprint density at radius 2 is 1.84 bits per heavy atom. The Labute approximate surface area is 216 Å². The Balaban J connectivity index is 1.77. The minimum Gasteiger partial charge on any atom is -0.497 e. The van der Waals surface area contributed by atoms with Gasteiger partial charge in [0.2, 0.25) is 5.88 Å². The van der Waals surface area contributed by atoms with Gasteiger partial charge in [-0.05, 0) is 42.0 Å². The third kappa shape index (κ3) is 4.38. The number of fused-ring (bicyclic) bond motifs is 3. The molecule has 37 heavy (non-hydrogen) atoms. The maximum absolute atomic E-state index is 14.5. The summed E-state index contributed by atoms with van der Waals surface area (Å²) in [6.07, 6.45) is -1.07. The summed E-state index contributed by atoms with van der Waals surface area (Å²) in [4.78, 5) is 31.9. The maximum atomic E-state index is 14.5. The lowest BCUT2D eigenvalue weighted by Gasteiger charge is -2.27. The number of amides is 2. The van der Waals surface area contributed by atoms with E-state index in [2.05, 4.69) is 4.98 Å². The highest BCUT2D eigenvalue weighted by atomic mass is 35.5. The number of methoxy groups -OCH3 is 2. The van der Waals surface area contributed by atoms with Gasteiger partial charge in [-0.25, -0.2) is 14.2 Å². The van der Waals surface area contributed by atoms with Crippen molar-refractivity contribution in [1.29, 1.82) is 0 Å². The fraction of sp³-hybridized carbons (Fsp3) is 0.148. The molecule has 1 unspecified atom stereocenters. The Morgan fingerprint density at radius 1 is 1.08 bits per heavy atom. The van der Waals surface area contributed by atoms with Crippen molar-refractivity contribution in [2.24, 2.45) is 5.73 Å². The summed E-state index contributed by atoms with van der Waals surface area (Å²) in [7, 11) is 3.03. The first kappa shape index (κ1) is 24.3. The topological polar surface area (TPSA) is 104 Å². The average Bonchev–Trinajstić information content (AvgIpc) is 3.17. The van der Waals surface area contributed by atoms with Crippen LogP contribution in [0.2, 0.25) is 5.02 Å². The number of primary amides is 1. The van der Waals surface area contributed by atoms with Gasteiger partial charge in [0.1, 0.15) is 17.3 Å². The summed E-state index contributed by atoms with van der Waals surface area (Å²) < 4.78 is 30.3. The molecule has 0 spiro atoms. The van der Waals surface area contributed by atoms with E-state index < -0.39 is 18.0 Å². The predicted octanol–water partition coefficient (Wildman–Crippen LogP) is 5.25. The largest absolute Gasteiger partial charge is 0.497 e. The average molecular weight is 522 g/mol. The standard InChI is InChI=1S/C27H21ClFN3O5/c1-35-16-6-3-14(4-7-16)13-32-25(18-11-15(29)5-9-19(18)28)24-21(37-27(30)34)12-20-17(23(24)26(32)33)8-10-22(31-20)36-2/h3-12,25H,13H2,1-2H3,(H2,30,34). The molecule has 1 aliphatic rings. The molecule has 1 atom stereocenters. The molecule has 5 rings (SSSR count). The minimum atomic E-state index is -1.07. The first-order valence-electron chi connectivity index (χ1n) is 11.2. The second-order valence-electron chi connectivity index (χ2n) is 8.35. The van der Waals surface area contributed by atoms with Gasteiger partial charge in [-0.15, -0.1) is 0 Å². The van der Waals surface area contributed by atoms with Crippen LogP contribution < -0.4 is 19.9 Å². The molecule has 0 aliphatic carbocycles. The van der Waals surface area contributed by atoms with E-state index >= 15 is 0 Å². The molecule has 188 valence electrons. The Hall–Kier alpha value is -4.37. The number of pyridine rings is 1. The van der Waals surface area contributed by atoms with Crippen LogP contribution in [-0.4, -0.2) is 36.1 Å². The molecule has 1 aliphatic heterocycles. The molecule has 10 heteroatoms. The first-order chi connectivity index (χ1) is 17.8. The quantitative estimate of drug-likeness (QED) is 0.372. The normalized spacial score (nSPS) is 14.5. The number of benzene rings is 3. The van der Waals surface area contributed by atoms with E-state index in [1.165, 1.54) is 31.4 Å². The third-order valence-corrected chi connectivity index (χ3v) is 6.56. The van der Waals surface area contributed by atoms with Crippen molar-refractivity contribution in [2.45, 2.75) is 12.6 Å². The predicted molar refractivity (Wildman–Crippen MR) is 135 cm³/mol. The number of rotatable bonds is 6. The van der Waals surface area contributed by atoms with Gasteiger partial charge in [0, 0.05) is 40.2 Å². The summed E-state index contributed by atoms with van der Waals surface area (Å²) in [6, 6.07) is 15.1. The van der Waals surface area contributed by atoms with Gasteiger partial charge in [0.05, 0.1) is 31.3 Å². The Kier molecular flexibility index (Phi) is 6.31. The van der Waals surface area contributed by atoms with Crippen molar-refractivity contribution in [3.63, 3.8) is 0 Å². The van der Waals surface area contributed by atoms with Gasteiger partial charge in [0.15, 0.2) is 0 Å². The van der Waals surface area contributed by atoms with Crippen molar-refractivity contribution in [2.75, 3.05) is 14.2 Å². The number of carbonyl (C=O) groups excluding carboxylic acids is 2. The molecule has 0 saturated carbocycles. The van der Waals surface area contributed by atoms with E-state index in [-0.39, 0.29) is 28.8 Å². The van der Waals surface area contributed by atoms with Crippen LogP contribution in [-0.2, 0) is 6.54 Å². The van der Waals surface area contributed by atoms with Gasteiger partial charge >= 0.3 is 6.09 Å². The molecule has 0 saturated heterocycles. The highest BCUT2D eigenvalue weighted by Gasteiger charge is 2.43. The molecule has 0 radical (unpaired) electrons. The van der Waals surface area contributed by atoms with Crippen LogP contribution in [0.1, 0.15) is 33.1 Å². The molecule has 3 aromatic carbocycles. The monoisotopic (exact) mass is 521 g/mol. The van der Waals surface area contributed by atoms with Crippen LogP contribution in [0.3, 0.4) is 0 Å². The third-order valence-electron chi connectivity index (χ3n) is 6.22. The molecule has 0 bridgehead atoms. The number of hydrogen-bond donors (Lipinski definition) is 1. The molecule has 2 heterocycles. The smallest absolute Gasteiger partial charge is 0.409 e. The number of aromatic nitrogens is 1. The molecule has 0 fully saturated rings. The second kappa shape index (κ2) is 9.59. The van der Waals surface area contributed by atoms with Crippen LogP contribution >= 0.6 is 11.6 Å². The van der Waals surface area contributed by atoms with Gasteiger partial charge in [-0.3, -0.25) is 4.79 Å². The molecule has 2 amide bonds. The van der Waals surface area contributed by atoms with Crippen LogP contribution in [0.15, 0.2) is 60.7 Å². The van der Waals surface area contributed by atoms with E-state index in [0.717, 1.165) is 5.56 Å². The number of halogens is 2. The summed E-state index contributed by atoms with van der Waals surface area (Å²) in [5.74, 6) is 0.0827. The highest BCUT2D eigenvalue weighted by molar-refractivity contribution is 6.31. The van der Waals surface area contributed by atoms with Crippen LogP contribution in [0.25, 0.3) is 10.9 Å².